The fourth-order valence-corrected chi connectivity index (χ4v) is 3.19. The van der Waals surface area contributed by atoms with Crippen LogP contribution in [0.15, 0.2) is 58.4 Å². The third-order valence-corrected chi connectivity index (χ3v) is 4.39. The number of aliphatic imine (C=N–C) groups is 1. The van der Waals surface area contributed by atoms with Gasteiger partial charge in [-0.1, -0.05) is 18.2 Å². The molecule has 1 aromatic carbocycles. The maximum absolute atomic E-state index is 12.0. The van der Waals surface area contributed by atoms with Crippen molar-refractivity contribution in [1.82, 2.24) is 4.57 Å². The fraction of sp³-hybridized carbons (Fsp3) is 0.238. The van der Waals surface area contributed by atoms with E-state index in [9.17, 15) is 9.90 Å². The summed E-state index contributed by atoms with van der Waals surface area (Å²) in [6.07, 6.45) is 1.80. The quantitative estimate of drug-likeness (QED) is 0.837. The molecular weight excluding hydrogens is 328 g/mol. The molecule has 2 aromatic rings. The van der Waals surface area contributed by atoms with Crippen LogP contribution in [-0.4, -0.2) is 28.0 Å². The van der Waals surface area contributed by atoms with E-state index in [0.717, 1.165) is 22.6 Å². The number of aliphatic hydroxyl groups is 1. The number of hydrogen-bond donors (Lipinski definition) is 1. The summed E-state index contributed by atoms with van der Waals surface area (Å²) in [6, 6.07) is 12.1. The lowest BCUT2D eigenvalue weighted by molar-refractivity contribution is -0.138. The molecule has 1 N–H and O–H groups in total. The number of benzene rings is 1. The predicted octanol–water partition coefficient (Wildman–Crippen LogP) is 4.28. The Kier molecular flexibility index (Phi) is 4.80. The zero-order valence-electron chi connectivity index (χ0n) is 15.4. The Hall–Kier alpha value is -3.08. The number of nitrogens with zero attached hydrogens (tertiary/aromatic N) is 2. The molecule has 0 unspecified atom stereocenters. The average Bonchev–Trinajstić information content (AvgIpc) is 3.04. The van der Waals surface area contributed by atoms with Crippen molar-refractivity contribution >= 4 is 17.8 Å². The van der Waals surface area contributed by atoms with Gasteiger partial charge in [0.15, 0.2) is 5.76 Å². The van der Waals surface area contributed by atoms with Gasteiger partial charge in [0.05, 0.1) is 12.3 Å². The van der Waals surface area contributed by atoms with Gasteiger partial charge < -0.3 is 14.4 Å². The summed E-state index contributed by atoms with van der Waals surface area (Å²) in [7, 11) is 0. The van der Waals surface area contributed by atoms with Crippen molar-refractivity contribution in [3.8, 4) is 5.69 Å². The summed E-state index contributed by atoms with van der Waals surface area (Å²) < 4.78 is 7.14. The average molecular weight is 350 g/mol. The van der Waals surface area contributed by atoms with Crippen molar-refractivity contribution in [1.29, 1.82) is 0 Å². The molecule has 2 heterocycles. The molecule has 26 heavy (non-hydrogen) atoms. The highest BCUT2D eigenvalue weighted by molar-refractivity contribution is 6.22. The normalized spacial score (nSPS) is 15.5. The molecular formula is C21H22N2O3. The lowest BCUT2D eigenvalue weighted by Crippen LogP contribution is -2.13. The number of rotatable bonds is 4. The number of ether oxygens (including phenoxy) is 1. The van der Waals surface area contributed by atoms with Crippen LogP contribution < -0.4 is 0 Å². The smallest absolute Gasteiger partial charge is 0.343 e. The number of aliphatic hydroxyl groups excluding tert-OH is 1. The molecule has 5 heteroatoms. The van der Waals surface area contributed by atoms with Gasteiger partial charge in [0.1, 0.15) is 11.3 Å². The molecule has 0 atom stereocenters. The Morgan fingerprint density at radius 2 is 1.92 bits per heavy atom. The van der Waals surface area contributed by atoms with Gasteiger partial charge in [-0.05, 0) is 57.5 Å². The number of para-hydroxylation sites is 1. The Labute approximate surface area is 153 Å². The van der Waals surface area contributed by atoms with Crippen LogP contribution in [0, 0.1) is 13.8 Å². The molecule has 0 bridgehead atoms. The predicted molar refractivity (Wildman–Crippen MR) is 103 cm³/mol. The van der Waals surface area contributed by atoms with Gasteiger partial charge >= 0.3 is 5.97 Å². The van der Waals surface area contributed by atoms with Gasteiger partial charge in [-0.3, -0.25) is 0 Å². The molecule has 0 aliphatic carbocycles. The zero-order chi connectivity index (χ0) is 18.8. The highest BCUT2D eigenvalue weighted by Crippen LogP contribution is 2.29. The van der Waals surface area contributed by atoms with Crippen LogP contribution in [0.4, 0.5) is 0 Å². The van der Waals surface area contributed by atoms with Crippen molar-refractivity contribution < 1.29 is 14.6 Å². The Bertz CT molecular complexity index is 947. The Morgan fingerprint density at radius 3 is 2.58 bits per heavy atom. The molecule has 5 nitrogen and oxygen atoms in total. The van der Waals surface area contributed by atoms with Crippen LogP contribution in [0.2, 0.25) is 0 Å². The van der Waals surface area contributed by atoms with Gasteiger partial charge in [0.2, 0.25) is 0 Å². The Morgan fingerprint density at radius 1 is 1.23 bits per heavy atom. The molecule has 1 aliphatic heterocycles. The SMILES string of the molecule is CCOC(=O)C1=C(O)/C(=C/c2cc(C)n(-c3ccccc3)c2C)N=C1C. The van der Waals surface area contributed by atoms with Crippen LogP contribution in [-0.2, 0) is 9.53 Å². The van der Waals surface area contributed by atoms with Crippen LogP contribution in [0.3, 0.4) is 0 Å². The number of hydrogen-bond acceptors (Lipinski definition) is 4. The van der Waals surface area contributed by atoms with E-state index in [2.05, 4.69) is 9.56 Å². The second-order valence-electron chi connectivity index (χ2n) is 6.17. The van der Waals surface area contributed by atoms with Crippen molar-refractivity contribution in [2.75, 3.05) is 6.61 Å². The van der Waals surface area contributed by atoms with Crippen LogP contribution >= 0.6 is 0 Å². The zero-order valence-corrected chi connectivity index (χ0v) is 15.4. The van der Waals surface area contributed by atoms with Crippen LogP contribution in [0.5, 0.6) is 0 Å². The van der Waals surface area contributed by atoms with Crippen LogP contribution in [0.1, 0.15) is 30.8 Å². The van der Waals surface area contributed by atoms with E-state index >= 15 is 0 Å². The Balaban J connectivity index is 2.03. The van der Waals surface area contributed by atoms with Gasteiger partial charge in [0, 0.05) is 17.1 Å². The maximum atomic E-state index is 12.0. The minimum atomic E-state index is -0.551. The first-order chi connectivity index (χ1) is 12.4. The lowest BCUT2D eigenvalue weighted by atomic mass is 10.1. The lowest BCUT2D eigenvalue weighted by Gasteiger charge is -2.09. The third kappa shape index (κ3) is 3.08. The number of carbonyl (C=O) groups is 1. The monoisotopic (exact) mass is 350 g/mol. The molecule has 1 aromatic heterocycles. The van der Waals surface area contributed by atoms with Crippen molar-refractivity contribution in [2.45, 2.75) is 27.7 Å². The summed E-state index contributed by atoms with van der Waals surface area (Å²) in [5.41, 5.74) is 5.09. The van der Waals surface area contributed by atoms with Gasteiger partial charge in [-0.2, -0.15) is 0 Å². The van der Waals surface area contributed by atoms with E-state index in [1.165, 1.54) is 0 Å². The minimum Gasteiger partial charge on any atom is -0.505 e. The minimum absolute atomic E-state index is 0.134. The van der Waals surface area contributed by atoms with E-state index in [1.54, 1.807) is 19.9 Å². The van der Waals surface area contributed by atoms with E-state index in [-0.39, 0.29) is 17.9 Å². The molecule has 0 spiro atoms. The highest BCUT2D eigenvalue weighted by Gasteiger charge is 2.27. The summed E-state index contributed by atoms with van der Waals surface area (Å²) in [4.78, 5) is 16.4. The van der Waals surface area contributed by atoms with Crippen molar-refractivity contribution in [3.63, 3.8) is 0 Å². The molecule has 134 valence electrons. The second kappa shape index (κ2) is 7.04. The fourth-order valence-electron chi connectivity index (χ4n) is 3.19. The third-order valence-electron chi connectivity index (χ3n) is 4.39. The van der Waals surface area contributed by atoms with Crippen molar-refractivity contribution in [3.05, 3.63) is 70.4 Å². The number of aryl methyl sites for hydroxylation is 1. The molecule has 0 radical (unpaired) electrons. The first-order valence-electron chi connectivity index (χ1n) is 8.56. The van der Waals surface area contributed by atoms with Gasteiger partial charge in [-0.15, -0.1) is 0 Å². The maximum Gasteiger partial charge on any atom is 0.343 e. The summed E-state index contributed by atoms with van der Waals surface area (Å²) in [5.74, 6) is -0.685. The summed E-state index contributed by atoms with van der Waals surface area (Å²) in [5, 5.41) is 10.5. The second-order valence-corrected chi connectivity index (χ2v) is 6.17. The van der Waals surface area contributed by atoms with Gasteiger partial charge in [-0.25, -0.2) is 9.79 Å². The van der Waals surface area contributed by atoms with Crippen molar-refractivity contribution in [2.24, 2.45) is 4.99 Å². The first kappa shape index (κ1) is 17.7. The summed E-state index contributed by atoms with van der Waals surface area (Å²) in [6.45, 7) is 7.72. The van der Waals surface area contributed by atoms with E-state index in [0.29, 0.717) is 11.4 Å². The number of carbonyl (C=O) groups excluding carboxylic acids is 1. The molecule has 0 saturated carbocycles. The molecule has 0 fully saturated rings. The van der Waals surface area contributed by atoms with E-state index in [4.69, 9.17) is 4.74 Å². The van der Waals surface area contributed by atoms with E-state index < -0.39 is 5.97 Å². The number of aromatic nitrogens is 1. The van der Waals surface area contributed by atoms with E-state index in [1.807, 2.05) is 50.2 Å². The highest BCUT2D eigenvalue weighted by atomic mass is 16.5. The molecule has 0 saturated heterocycles. The molecule has 1 aliphatic rings. The topological polar surface area (TPSA) is 63.8 Å². The molecule has 0 amide bonds. The first-order valence-corrected chi connectivity index (χ1v) is 8.56. The largest absolute Gasteiger partial charge is 0.505 e. The number of esters is 1. The standard InChI is InChI=1S/C21H22N2O3/c1-5-26-21(25)19-14(3)22-18(20(19)24)12-16-11-13(2)23(15(16)4)17-9-7-6-8-10-17/h6-12,24H,5H2,1-4H3/b18-12-. The van der Waals surface area contributed by atoms with Gasteiger partial charge in [0.25, 0.3) is 0 Å². The molecule has 3 rings (SSSR count). The van der Waals surface area contributed by atoms with Crippen LogP contribution in [0.25, 0.3) is 11.8 Å². The summed E-state index contributed by atoms with van der Waals surface area (Å²) >= 11 is 0.